The molecule has 0 N–H and O–H groups in total. The Balaban J connectivity index is 1.97. The minimum atomic E-state index is -3.90. The van der Waals surface area contributed by atoms with Gasteiger partial charge in [0.05, 0.1) is 7.11 Å². The standard InChI is InChI=1S/C21H25NO7S/c1-20(2)9-14(23)18-15(10-20)29-21(3)16(22(24)25)11-30(26,27)19(21)17(18)12-5-7-13(28-4)8-6-12/h5-8,16-17,19H,9-11H2,1-4H3/t16-,17+,19-,21+/m1/s1. The molecule has 0 unspecified atom stereocenters. The summed E-state index contributed by atoms with van der Waals surface area (Å²) in [6.45, 7) is 5.37. The zero-order chi connectivity index (χ0) is 22.1. The SMILES string of the molecule is COc1ccc([C@H]2C3=C(CC(C)(C)CC3=O)O[C@]3(C)[C@@H]2S(=O)(=O)C[C@H]3[N+](=O)[O-])cc1. The van der Waals surface area contributed by atoms with Crippen LogP contribution in [-0.4, -0.2) is 48.9 Å². The van der Waals surface area contributed by atoms with Crippen LogP contribution in [0, 0.1) is 15.5 Å². The van der Waals surface area contributed by atoms with E-state index in [1.807, 2.05) is 13.8 Å². The van der Waals surface area contributed by atoms with Crippen molar-refractivity contribution in [3.05, 3.63) is 51.3 Å². The van der Waals surface area contributed by atoms with Crippen molar-refractivity contribution in [1.29, 1.82) is 0 Å². The third kappa shape index (κ3) is 3.02. The first kappa shape index (κ1) is 20.8. The smallest absolute Gasteiger partial charge is 0.266 e. The summed E-state index contributed by atoms with van der Waals surface area (Å²) in [7, 11) is -2.38. The van der Waals surface area contributed by atoms with E-state index in [9.17, 15) is 23.3 Å². The number of methoxy groups -OCH3 is 1. The highest BCUT2D eigenvalue weighted by Crippen LogP contribution is 2.55. The maximum atomic E-state index is 13.2. The van der Waals surface area contributed by atoms with Crippen LogP contribution in [0.15, 0.2) is 35.6 Å². The monoisotopic (exact) mass is 435 g/mol. The summed E-state index contributed by atoms with van der Waals surface area (Å²) in [6, 6.07) is 5.45. The first-order chi connectivity index (χ1) is 13.9. The van der Waals surface area contributed by atoms with Gasteiger partial charge in [-0.1, -0.05) is 26.0 Å². The zero-order valence-corrected chi connectivity index (χ0v) is 18.2. The van der Waals surface area contributed by atoms with Gasteiger partial charge in [0.15, 0.2) is 21.2 Å². The number of hydrogen-bond acceptors (Lipinski definition) is 7. The van der Waals surface area contributed by atoms with E-state index in [4.69, 9.17) is 9.47 Å². The highest BCUT2D eigenvalue weighted by molar-refractivity contribution is 7.92. The second-order valence-electron chi connectivity index (χ2n) is 9.37. The number of rotatable bonds is 3. The lowest BCUT2D eigenvalue weighted by Gasteiger charge is -2.46. The van der Waals surface area contributed by atoms with Gasteiger partial charge in [0, 0.05) is 29.3 Å². The normalized spacial score (nSPS) is 34.0. The Kier molecular flexibility index (Phi) is 4.54. The molecule has 8 nitrogen and oxygen atoms in total. The number of allylic oxidation sites excluding steroid dienone is 2. The van der Waals surface area contributed by atoms with Gasteiger partial charge in [-0.15, -0.1) is 0 Å². The van der Waals surface area contributed by atoms with E-state index in [-0.39, 0.29) is 17.6 Å². The molecular weight excluding hydrogens is 410 g/mol. The third-order valence-electron chi connectivity index (χ3n) is 6.57. The molecule has 1 aliphatic carbocycles. The number of hydrogen-bond donors (Lipinski definition) is 0. The van der Waals surface area contributed by atoms with Gasteiger partial charge in [0.2, 0.25) is 0 Å². The van der Waals surface area contributed by atoms with Crippen LogP contribution in [0.3, 0.4) is 0 Å². The van der Waals surface area contributed by atoms with E-state index in [2.05, 4.69) is 0 Å². The molecular formula is C21H25NO7S. The number of ether oxygens (including phenoxy) is 2. The molecule has 0 aromatic heterocycles. The summed E-state index contributed by atoms with van der Waals surface area (Å²) >= 11 is 0. The molecule has 1 aromatic carbocycles. The molecule has 0 spiro atoms. The molecule has 0 radical (unpaired) electrons. The fourth-order valence-electron chi connectivity index (χ4n) is 5.26. The number of carbonyl (C=O) groups is 1. The third-order valence-corrected chi connectivity index (χ3v) is 8.86. The lowest BCUT2D eigenvalue weighted by molar-refractivity contribution is -0.537. The molecule has 4 atom stereocenters. The van der Waals surface area contributed by atoms with E-state index in [1.54, 1.807) is 24.3 Å². The van der Waals surface area contributed by atoms with E-state index in [0.717, 1.165) is 0 Å². The van der Waals surface area contributed by atoms with Crippen LogP contribution < -0.4 is 4.74 Å². The predicted octanol–water partition coefficient (Wildman–Crippen LogP) is 2.65. The molecule has 3 aliphatic rings. The molecule has 9 heteroatoms. The van der Waals surface area contributed by atoms with Crippen molar-refractivity contribution in [3.8, 4) is 5.75 Å². The van der Waals surface area contributed by atoms with Crippen LogP contribution in [-0.2, 0) is 19.4 Å². The Hall–Kier alpha value is -2.42. The second-order valence-corrected chi connectivity index (χ2v) is 11.5. The van der Waals surface area contributed by atoms with Gasteiger partial charge >= 0.3 is 0 Å². The molecule has 4 rings (SSSR count). The van der Waals surface area contributed by atoms with E-state index < -0.39 is 43.3 Å². The number of nitro groups is 1. The Labute approximate surface area is 175 Å². The predicted molar refractivity (Wildman–Crippen MR) is 109 cm³/mol. The molecule has 162 valence electrons. The zero-order valence-electron chi connectivity index (χ0n) is 17.4. The molecule has 2 heterocycles. The molecule has 30 heavy (non-hydrogen) atoms. The number of sulfone groups is 1. The minimum absolute atomic E-state index is 0.163. The number of fused-ring (bicyclic) bond motifs is 1. The van der Waals surface area contributed by atoms with E-state index in [0.29, 0.717) is 29.1 Å². The van der Waals surface area contributed by atoms with E-state index in [1.165, 1.54) is 14.0 Å². The summed E-state index contributed by atoms with van der Waals surface area (Å²) in [4.78, 5) is 24.4. The van der Waals surface area contributed by atoms with Crippen LogP contribution in [0.1, 0.15) is 45.1 Å². The maximum Gasteiger partial charge on any atom is 0.266 e. The first-order valence-corrected chi connectivity index (χ1v) is 11.6. The van der Waals surface area contributed by atoms with Crippen molar-refractivity contribution in [1.82, 2.24) is 0 Å². The molecule has 1 saturated heterocycles. The molecule has 0 bridgehead atoms. The van der Waals surface area contributed by atoms with Gasteiger partial charge in [-0.05, 0) is 30.0 Å². The number of ketones is 1. The van der Waals surface area contributed by atoms with Crippen molar-refractivity contribution >= 4 is 15.6 Å². The average molecular weight is 435 g/mol. The van der Waals surface area contributed by atoms with Crippen LogP contribution in [0.25, 0.3) is 0 Å². The number of nitrogens with zero attached hydrogens (tertiary/aromatic N) is 1. The van der Waals surface area contributed by atoms with Gasteiger partial charge in [-0.3, -0.25) is 14.9 Å². The number of benzene rings is 1. The van der Waals surface area contributed by atoms with Crippen LogP contribution in [0.2, 0.25) is 0 Å². The van der Waals surface area contributed by atoms with Crippen molar-refractivity contribution in [3.63, 3.8) is 0 Å². The number of carbonyl (C=O) groups excluding carboxylic acids is 1. The largest absolute Gasteiger partial charge is 0.497 e. The van der Waals surface area contributed by atoms with Crippen LogP contribution in [0.5, 0.6) is 5.75 Å². The maximum absolute atomic E-state index is 13.2. The van der Waals surface area contributed by atoms with Crippen molar-refractivity contribution in [2.45, 2.75) is 56.4 Å². The van der Waals surface area contributed by atoms with Crippen molar-refractivity contribution < 1.29 is 27.6 Å². The fourth-order valence-corrected chi connectivity index (χ4v) is 7.98. The van der Waals surface area contributed by atoms with Gasteiger partial charge in [0.1, 0.15) is 22.5 Å². The minimum Gasteiger partial charge on any atom is -0.497 e. The lowest BCUT2D eigenvalue weighted by atomic mass is 9.68. The van der Waals surface area contributed by atoms with Gasteiger partial charge in [0.25, 0.3) is 6.04 Å². The molecule has 2 aliphatic heterocycles. The first-order valence-electron chi connectivity index (χ1n) is 9.84. The van der Waals surface area contributed by atoms with Gasteiger partial charge in [-0.2, -0.15) is 0 Å². The molecule has 1 fully saturated rings. The van der Waals surface area contributed by atoms with Gasteiger partial charge in [-0.25, -0.2) is 8.42 Å². The summed E-state index contributed by atoms with van der Waals surface area (Å²) in [6.07, 6.45) is 0.692. The topological polar surface area (TPSA) is 113 Å². The van der Waals surface area contributed by atoms with Gasteiger partial charge < -0.3 is 9.47 Å². The average Bonchev–Trinajstić information content (AvgIpc) is 2.85. The van der Waals surface area contributed by atoms with Crippen molar-refractivity contribution in [2.75, 3.05) is 12.9 Å². The summed E-state index contributed by atoms with van der Waals surface area (Å²) in [5.41, 5.74) is -0.969. The number of Topliss-reactive ketones (excluding diaryl/α,β-unsaturated/α-hetero) is 1. The van der Waals surface area contributed by atoms with Crippen molar-refractivity contribution in [2.24, 2.45) is 5.41 Å². The fraction of sp³-hybridized carbons (Fsp3) is 0.571. The highest BCUT2D eigenvalue weighted by atomic mass is 32.2. The Morgan fingerprint density at radius 2 is 1.80 bits per heavy atom. The summed E-state index contributed by atoms with van der Waals surface area (Å²) in [5, 5.41) is 10.6. The van der Waals surface area contributed by atoms with Crippen LogP contribution >= 0.6 is 0 Å². The Morgan fingerprint density at radius 1 is 1.17 bits per heavy atom. The summed E-state index contributed by atoms with van der Waals surface area (Å²) in [5.74, 6) is -0.602. The Bertz CT molecular complexity index is 1060. The second kappa shape index (κ2) is 6.54. The van der Waals surface area contributed by atoms with Crippen LogP contribution in [0.4, 0.5) is 0 Å². The molecule has 0 amide bonds. The lowest BCUT2D eigenvalue weighted by Crippen LogP contribution is -2.56. The van der Waals surface area contributed by atoms with E-state index >= 15 is 0 Å². The summed E-state index contributed by atoms with van der Waals surface area (Å²) < 4.78 is 37.7. The Morgan fingerprint density at radius 3 is 2.37 bits per heavy atom. The molecule has 1 aromatic rings. The quantitative estimate of drug-likeness (QED) is 0.530. The highest BCUT2D eigenvalue weighted by Gasteiger charge is 2.70. The molecule has 0 saturated carbocycles.